The Morgan fingerprint density at radius 3 is 1.67 bits per heavy atom. The lowest BCUT2D eigenvalue weighted by atomic mass is 9.92. The van der Waals surface area contributed by atoms with Gasteiger partial charge in [0.1, 0.15) is 0 Å². The van der Waals surface area contributed by atoms with Gasteiger partial charge in [0.25, 0.3) is 0 Å². The molecular weight excluding hydrogens is 171 g/mol. The van der Waals surface area contributed by atoms with E-state index in [0.29, 0.717) is 5.54 Å². The van der Waals surface area contributed by atoms with Crippen LogP contribution >= 0.6 is 9.39 Å². The van der Waals surface area contributed by atoms with Crippen LogP contribution < -0.4 is 5.09 Å². The summed E-state index contributed by atoms with van der Waals surface area (Å²) in [4.78, 5) is 7.52. The van der Waals surface area contributed by atoms with Crippen molar-refractivity contribution in [3.63, 3.8) is 0 Å². The van der Waals surface area contributed by atoms with Crippen LogP contribution in [0.2, 0.25) is 0 Å². The fourth-order valence-corrected chi connectivity index (χ4v) is 3.13. The molecule has 0 aromatic carbocycles. The molecule has 1 unspecified atom stereocenters. The van der Waals surface area contributed by atoms with Crippen molar-refractivity contribution in [2.75, 3.05) is 39.6 Å². The molecule has 0 saturated carbocycles. The summed E-state index contributed by atoms with van der Waals surface area (Å²) in [6.45, 7) is 7.15. The van der Waals surface area contributed by atoms with E-state index in [1.54, 1.807) is 0 Å². The summed E-state index contributed by atoms with van der Waals surface area (Å²) in [5.74, 6) is 0. The minimum atomic E-state index is 0.333. The van der Waals surface area contributed by atoms with Gasteiger partial charge in [0.05, 0.1) is 25.5 Å². The van der Waals surface area contributed by atoms with Crippen LogP contribution in [0.5, 0.6) is 0 Å². The predicted octanol–water partition coefficient (Wildman–Crippen LogP) is -1.08. The van der Waals surface area contributed by atoms with Crippen LogP contribution in [-0.4, -0.2) is 59.9 Å². The van der Waals surface area contributed by atoms with E-state index in [0.717, 1.165) is 0 Å². The van der Waals surface area contributed by atoms with Gasteiger partial charge >= 0.3 is 0 Å². The summed E-state index contributed by atoms with van der Waals surface area (Å²) < 4.78 is 0. The average molecular weight is 186 g/mol. The standard InChI is InChI=1S/C7H15N4P/c12-8-7-1-9-4-10(2-7)6-11(3-7)5-9/h8H,1-6,12H2. The fourth-order valence-electron chi connectivity index (χ4n) is 2.85. The number of nitrogens with one attached hydrogen (secondary N) is 1. The van der Waals surface area contributed by atoms with Gasteiger partial charge in [0.2, 0.25) is 0 Å². The van der Waals surface area contributed by atoms with Gasteiger partial charge in [-0.25, -0.2) is 0 Å². The minimum Gasteiger partial charge on any atom is -0.291 e. The van der Waals surface area contributed by atoms with Crippen LogP contribution in [0, 0.1) is 0 Å². The van der Waals surface area contributed by atoms with Gasteiger partial charge in [0, 0.05) is 19.6 Å². The molecule has 0 spiro atoms. The normalized spacial score (nSPS) is 56.2. The summed E-state index contributed by atoms with van der Waals surface area (Å²) in [7, 11) is 2.68. The van der Waals surface area contributed by atoms with E-state index in [1.165, 1.54) is 39.6 Å². The van der Waals surface area contributed by atoms with Crippen LogP contribution in [0.3, 0.4) is 0 Å². The highest BCUT2D eigenvalue weighted by atomic mass is 31.0. The Kier molecular flexibility index (Phi) is 1.53. The second-order valence-electron chi connectivity index (χ2n) is 4.34. The first-order valence-electron chi connectivity index (χ1n) is 4.45. The molecule has 68 valence electrons. The van der Waals surface area contributed by atoms with Gasteiger partial charge in [-0.1, -0.05) is 9.39 Å². The molecule has 0 radical (unpaired) electrons. The first-order valence-corrected chi connectivity index (χ1v) is 5.02. The Bertz CT molecular complexity index is 172. The highest BCUT2D eigenvalue weighted by Crippen LogP contribution is 2.29. The summed E-state index contributed by atoms with van der Waals surface area (Å²) in [6, 6.07) is 0. The van der Waals surface area contributed by atoms with Crippen LogP contribution in [0.25, 0.3) is 0 Å². The van der Waals surface area contributed by atoms with Crippen LogP contribution in [0.4, 0.5) is 0 Å². The molecule has 1 N–H and O–H groups in total. The molecule has 4 aliphatic heterocycles. The number of hydrogen-bond acceptors (Lipinski definition) is 4. The predicted molar refractivity (Wildman–Crippen MR) is 50.3 cm³/mol. The summed E-state index contributed by atoms with van der Waals surface area (Å²) in [5, 5.41) is 3.40. The quantitative estimate of drug-likeness (QED) is 0.526. The Hall–Kier alpha value is 0.270. The lowest BCUT2D eigenvalue weighted by Crippen LogP contribution is -2.78. The average Bonchev–Trinajstić information content (AvgIpc) is 2.02. The van der Waals surface area contributed by atoms with Gasteiger partial charge in [-0.3, -0.25) is 19.8 Å². The Balaban J connectivity index is 1.90. The van der Waals surface area contributed by atoms with Gasteiger partial charge in [0.15, 0.2) is 0 Å². The Labute approximate surface area is 75.1 Å². The van der Waals surface area contributed by atoms with Crippen molar-refractivity contribution in [1.82, 2.24) is 19.8 Å². The molecule has 5 heteroatoms. The lowest BCUT2D eigenvalue weighted by Gasteiger charge is -2.60. The van der Waals surface area contributed by atoms with E-state index in [2.05, 4.69) is 29.2 Å². The third-order valence-corrected chi connectivity index (χ3v) is 3.70. The molecule has 4 heterocycles. The van der Waals surface area contributed by atoms with Crippen molar-refractivity contribution in [3.8, 4) is 0 Å². The molecule has 0 aromatic rings. The van der Waals surface area contributed by atoms with Crippen molar-refractivity contribution in [1.29, 1.82) is 0 Å². The van der Waals surface area contributed by atoms with Crippen LogP contribution in [0.1, 0.15) is 0 Å². The molecule has 4 aliphatic rings. The molecular formula is C7H15N4P. The fraction of sp³-hybridized carbons (Fsp3) is 1.00. The second-order valence-corrected chi connectivity index (χ2v) is 4.62. The van der Waals surface area contributed by atoms with E-state index in [-0.39, 0.29) is 0 Å². The van der Waals surface area contributed by atoms with E-state index >= 15 is 0 Å². The van der Waals surface area contributed by atoms with Crippen molar-refractivity contribution in [2.45, 2.75) is 5.54 Å². The molecule has 0 aliphatic carbocycles. The SMILES string of the molecule is PNC12CN3CN(CN(C3)C1)C2. The van der Waals surface area contributed by atoms with Crippen molar-refractivity contribution >= 4 is 9.39 Å². The lowest BCUT2D eigenvalue weighted by molar-refractivity contribution is -0.143. The minimum absolute atomic E-state index is 0.333. The smallest absolute Gasteiger partial charge is 0.0597 e. The highest BCUT2D eigenvalue weighted by molar-refractivity contribution is 7.13. The van der Waals surface area contributed by atoms with Gasteiger partial charge < -0.3 is 0 Å². The van der Waals surface area contributed by atoms with Gasteiger partial charge in [-0.2, -0.15) is 0 Å². The number of rotatable bonds is 1. The second kappa shape index (κ2) is 2.40. The molecule has 0 aromatic heterocycles. The highest BCUT2D eigenvalue weighted by Gasteiger charge is 2.47. The molecule has 0 amide bonds. The first-order chi connectivity index (χ1) is 5.80. The molecule has 1 atom stereocenters. The Morgan fingerprint density at radius 2 is 1.33 bits per heavy atom. The first kappa shape index (κ1) is 7.65. The van der Waals surface area contributed by atoms with Crippen LogP contribution in [0.15, 0.2) is 0 Å². The van der Waals surface area contributed by atoms with E-state index in [1.807, 2.05) is 0 Å². The third-order valence-electron chi connectivity index (χ3n) is 3.08. The molecule has 12 heavy (non-hydrogen) atoms. The molecule has 4 rings (SSSR count). The topological polar surface area (TPSA) is 21.8 Å². The van der Waals surface area contributed by atoms with Gasteiger partial charge in [-0.15, -0.1) is 0 Å². The molecule has 4 nitrogen and oxygen atoms in total. The maximum atomic E-state index is 3.40. The largest absolute Gasteiger partial charge is 0.291 e. The van der Waals surface area contributed by atoms with E-state index in [9.17, 15) is 0 Å². The maximum Gasteiger partial charge on any atom is 0.0597 e. The zero-order valence-corrected chi connectivity index (χ0v) is 8.32. The summed E-state index contributed by atoms with van der Waals surface area (Å²) in [6.07, 6.45) is 0. The van der Waals surface area contributed by atoms with Crippen molar-refractivity contribution in [3.05, 3.63) is 0 Å². The number of nitrogens with zero attached hydrogens (tertiary/aromatic N) is 3. The molecule has 4 fully saturated rings. The zero-order valence-electron chi connectivity index (χ0n) is 7.16. The molecule has 4 bridgehead atoms. The van der Waals surface area contributed by atoms with Crippen LogP contribution in [-0.2, 0) is 0 Å². The molecule has 4 saturated heterocycles. The maximum absolute atomic E-state index is 3.40. The third kappa shape index (κ3) is 0.963. The monoisotopic (exact) mass is 186 g/mol. The number of hydrogen-bond donors (Lipinski definition) is 1. The summed E-state index contributed by atoms with van der Waals surface area (Å²) in [5.41, 5.74) is 0.333. The van der Waals surface area contributed by atoms with Gasteiger partial charge in [-0.05, 0) is 0 Å². The van der Waals surface area contributed by atoms with Crippen molar-refractivity contribution in [2.24, 2.45) is 0 Å². The summed E-state index contributed by atoms with van der Waals surface area (Å²) >= 11 is 0. The Morgan fingerprint density at radius 1 is 0.917 bits per heavy atom. The van der Waals surface area contributed by atoms with Crippen molar-refractivity contribution < 1.29 is 0 Å². The zero-order chi connectivity index (χ0) is 8.18. The van der Waals surface area contributed by atoms with E-state index < -0.39 is 0 Å². The van der Waals surface area contributed by atoms with E-state index in [4.69, 9.17) is 0 Å².